The third-order valence-corrected chi connectivity index (χ3v) is 3.73. The van der Waals surface area contributed by atoms with Gasteiger partial charge in [-0.25, -0.2) is 9.59 Å². The number of hydrogen-bond donors (Lipinski definition) is 2. The predicted octanol–water partition coefficient (Wildman–Crippen LogP) is 2.02. The zero-order valence-electron chi connectivity index (χ0n) is 15.5. The fraction of sp³-hybridized carbons (Fsp3) is 0.200. The van der Waals surface area contributed by atoms with E-state index in [9.17, 15) is 19.2 Å². The molecule has 0 aromatic heterocycles. The van der Waals surface area contributed by atoms with Gasteiger partial charge in [0.05, 0.1) is 25.3 Å². The number of carbonyl (C=O) groups excluding carboxylic acids is 4. The van der Waals surface area contributed by atoms with Crippen LogP contribution in [0.25, 0.3) is 0 Å². The fourth-order valence-electron chi connectivity index (χ4n) is 2.38. The Morgan fingerprint density at radius 3 is 1.93 bits per heavy atom. The van der Waals surface area contributed by atoms with Gasteiger partial charge in [0.2, 0.25) is 5.91 Å². The summed E-state index contributed by atoms with van der Waals surface area (Å²) in [7, 11) is 2.42. The molecule has 0 aliphatic rings. The molecule has 8 heteroatoms. The van der Waals surface area contributed by atoms with Gasteiger partial charge in [-0.3, -0.25) is 9.59 Å². The van der Waals surface area contributed by atoms with E-state index in [1.807, 2.05) is 0 Å². The smallest absolute Gasteiger partial charge is 0.337 e. The largest absolute Gasteiger partial charge is 0.465 e. The summed E-state index contributed by atoms with van der Waals surface area (Å²) in [6, 6.07) is 12.7. The van der Waals surface area contributed by atoms with Crippen LogP contribution in [0.5, 0.6) is 0 Å². The van der Waals surface area contributed by atoms with Crippen molar-refractivity contribution in [2.24, 2.45) is 0 Å². The van der Waals surface area contributed by atoms with E-state index in [4.69, 9.17) is 0 Å². The highest BCUT2D eigenvalue weighted by molar-refractivity contribution is 5.99. The van der Waals surface area contributed by atoms with Crippen LogP contribution in [0.15, 0.2) is 48.5 Å². The first-order valence-corrected chi connectivity index (χ1v) is 8.39. The Bertz CT molecular complexity index is 845. The number of anilines is 1. The summed E-state index contributed by atoms with van der Waals surface area (Å²) in [5.41, 5.74) is 0.926. The maximum Gasteiger partial charge on any atom is 0.337 e. The molecule has 8 nitrogen and oxygen atoms in total. The lowest BCUT2D eigenvalue weighted by Crippen LogP contribution is -2.27. The van der Waals surface area contributed by atoms with Crippen molar-refractivity contribution in [1.82, 2.24) is 5.32 Å². The summed E-state index contributed by atoms with van der Waals surface area (Å²) in [6.07, 6.45) is 0.00851. The molecule has 2 rings (SSSR count). The van der Waals surface area contributed by atoms with Gasteiger partial charge in [-0.2, -0.15) is 0 Å². The number of ether oxygens (including phenoxy) is 2. The summed E-state index contributed by atoms with van der Waals surface area (Å²) < 4.78 is 9.29. The summed E-state index contributed by atoms with van der Waals surface area (Å²) in [5.74, 6) is -1.99. The minimum Gasteiger partial charge on any atom is -0.465 e. The molecule has 0 saturated heterocycles. The number of esters is 2. The van der Waals surface area contributed by atoms with Crippen LogP contribution in [0.4, 0.5) is 5.69 Å². The number of hydrogen-bond acceptors (Lipinski definition) is 6. The molecule has 0 fully saturated rings. The van der Waals surface area contributed by atoms with Crippen LogP contribution in [0, 0.1) is 0 Å². The second-order valence-electron chi connectivity index (χ2n) is 5.70. The minimum absolute atomic E-state index is 0.00851. The fourth-order valence-corrected chi connectivity index (χ4v) is 2.38. The van der Waals surface area contributed by atoms with Gasteiger partial charge >= 0.3 is 11.9 Å². The molecule has 0 atom stereocenters. The lowest BCUT2D eigenvalue weighted by atomic mass is 10.1. The molecule has 2 aromatic rings. The van der Waals surface area contributed by atoms with Gasteiger partial charge < -0.3 is 20.1 Å². The van der Waals surface area contributed by atoms with Gasteiger partial charge in [0.25, 0.3) is 5.91 Å². The average Bonchev–Trinajstić information content (AvgIpc) is 2.72. The van der Waals surface area contributed by atoms with Gasteiger partial charge in [-0.1, -0.05) is 18.2 Å². The van der Waals surface area contributed by atoms with E-state index in [0.29, 0.717) is 5.56 Å². The second kappa shape index (κ2) is 9.86. The van der Waals surface area contributed by atoms with Crippen molar-refractivity contribution in [2.45, 2.75) is 6.42 Å². The zero-order chi connectivity index (χ0) is 20.5. The summed E-state index contributed by atoms with van der Waals surface area (Å²) in [6.45, 7) is 0.125. The van der Waals surface area contributed by atoms with Crippen molar-refractivity contribution in [3.63, 3.8) is 0 Å². The van der Waals surface area contributed by atoms with Crippen molar-refractivity contribution >= 4 is 29.4 Å². The van der Waals surface area contributed by atoms with Crippen molar-refractivity contribution in [3.05, 3.63) is 65.2 Å². The summed E-state index contributed by atoms with van der Waals surface area (Å²) >= 11 is 0. The van der Waals surface area contributed by atoms with Crippen LogP contribution in [0.3, 0.4) is 0 Å². The molecule has 0 saturated carbocycles. The highest BCUT2D eigenvalue weighted by Gasteiger charge is 2.15. The zero-order valence-corrected chi connectivity index (χ0v) is 15.5. The Hall–Kier alpha value is -3.68. The third-order valence-electron chi connectivity index (χ3n) is 3.73. The maximum absolute atomic E-state index is 12.1. The van der Waals surface area contributed by atoms with Crippen LogP contribution in [-0.2, 0) is 14.3 Å². The molecule has 2 N–H and O–H groups in total. The first-order valence-electron chi connectivity index (χ1n) is 8.39. The Labute approximate surface area is 161 Å². The van der Waals surface area contributed by atoms with Gasteiger partial charge in [0, 0.05) is 24.2 Å². The molecule has 2 aromatic carbocycles. The molecule has 0 aliphatic carbocycles. The van der Waals surface area contributed by atoms with Crippen LogP contribution < -0.4 is 10.6 Å². The first-order chi connectivity index (χ1) is 13.4. The van der Waals surface area contributed by atoms with Crippen molar-refractivity contribution in [1.29, 1.82) is 0 Å². The lowest BCUT2D eigenvalue weighted by molar-refractivity contribution is -0.116. The number of carbonyl (C=O) groups is 4. The molecule has 0 spiro atoms. The minimum atomic E-state index is -0.656. The van der Waals surface area contributed by atoms with E-state index in [-0.39, 0.29) is 35.7 Å². The van der Waals surface area contributed by atoms with Crippen molar-refractivity contribution < 1.29 is 28.7 Å². The van der Waals surface area contributed by atoms with Crippen LogP contribution in [0.2, 0.25) is 0 Å². The van der Waals surface area contributed by atoms with Gasteiger partial charge in [-0.05, 0) is 30.3 Å². The molecule has 28 heavy (non-hydrogen) atoms. The van der Waals surface area contributed by atoms with Gasteiger partial charge in [0.15, 0.2) is 0 Å². The molecular weight excluding hydrogens is 364 g/mol. The molecule has 0 unspecified atom stereocenters. The molecule has 2 amide bonds. The number of amides is 2. The molecule has 0 aliphatic heterocycles. The SMILES string of the molecule is COC(=O)c1cc(NC(=O)CCNC(=O)c2ccccc2)cc(C(=O)OC)c1. The number of benzene rings is 2. The van der Waals surface area contributed by atoms with E-state index in [2.05, 4.69) is 20.1 Å². The average molecular weight is 384 g/mol. The Kier molecular flexibility index (Phi) is 7.27. The van der Waals surface area contributed by atoms with E-state index in [1.165, 1.54) is 32.4 Å². The van der Waals surface area contributed by atoms with Gasteiger partial charge in [0.1, 0.15) is 0 Å². The monoisotopic (exact) mass is 384 g/mol. The first kappa shape index (κ1) is 20.6. The Balaban J connectivity index is 1.99. The topological polar surface area (TPSA) is 111 Å². The molecule has 0 radical (unpaired) electrons. The normalized spacial score (nSPS) is 9.93. The van der Waals surface area contributed by atoms with E-state index in [0.717, 1.165) is 0 Å². The highest BCUT2D eigenvalue weighted by atomic mass is 16.5. The quantitative estimate of drug-likeness (QED) is 0.707. The van der Waals surface area contributed by atoms with Crippen molar-refractivity contribution in [2.75, 3.05) is 26.1 Å². The van der Waals surface area contributed by atoms with Crippen LogP contribution in [0.1, 0.15) is 37.5 Å². The summed E-state index contributed by atoms with van der Waals surface area (Å²) in [4.78, 5) is 47.6. The molecule has 146 valence electrons. The second-order valence-corrected chi connectivity index (χ2v) is 5.70. The maximum atomic E-state index is 12.1. The van der Waals surface area contributed by atoms with Crippen LogP contribution >= 0.6 is 0 Å². The Morgan fingerprint density at radius 1 is 0.821 bits per heavy atom. The molecular formula is C20H20N2O6. The molecule has 0 bridgehead atoms. The van der Waals surface area contributed by atoms with Crippen molar-refractivity contribution in [3.8, 4) is 0 Å². The van der Waals surface area contributed by atoms with E-state index >= 15 is 0 Å². The predicted molar refractivity (Wildman–Crippen MR) is 101 cm³/mol. The Morgan fingerprint density at radius 2 is 1.39 bits per heavy atom. The standard InChI is InChI=1S/C20H20N2O6/c1-27-19(25)14-10-15(20(26)28-2)12-16(11-14)22-17(23)8-9-21-18(24)13-6-4-3-5-7-13/h3-7,10-12H,8-9H2,1-2H3,(H,21,24)(H,22,23). The number of methoxy groups -OCH3 is 2. The van der Waals surface area contributed by atoms with Gasteiger partial charge in [-0.15, -0.1) is 0 Å². The molecule has 0 heterocycles. The van der Waals surface area contributed by atoms with E-state index < -0.39 is 17.8 Å². The third kappa shape index (κ3) is 5.66. The number of rotatable bonds is 7. The highest BCUT2D eigenvalue weighted by Crippen LogP contribution is 2.17. The summed E-state index contributed by atoms with van der Waals surface area (Å²) in [5, 5.41) is 5.23. The number of nitrogens with one attached hydrogen (secondary N) is 2. The van der Waals surface area contributed by atoms with E-state index in [1.54, 1.807) is 30.3 Å². The van der Waals surface area contributed by atoms with Crippen LogP contribution in [-0.4, -0.2) is 44.5 Å². The lowest BCUT2D eigenvalue weighted by Gasteiger charge is -2.10.